The second-order valence-electron chi connectivity index (χ2n) is 16.4. The van der Waals surface area contributed by atoms with Crippen LogP contribution in [0, 0.1) is 0 Å². The minimum absolute atomic E-state index is 0.229. The molecule has 0 saturated carbocycles. The van der Waals surface area contributed by atoms with Gasteiger partial charge in [-0.2, -0.15) is 8.42 Å². The Morgan fingerprint density at radius 3 is 1.41 bits per heavy atom. The van der Waals surface area contributed by atoms with Crippen molar-refractivity contribution in [2.75, 3.05) is 26.4 Å². The van der Waals surface area contributed by atoms with Crippen molar-refractivity contribution >= 4 is 16.3 Å². The standard InChI is InChI=1S/C47H91NO10S/c1-3-5-7-9-11-13-15-17-18-19-20-21-22-23-24-26-28-30-32-34-36-38-46(52)48-43(41-57-47(56-40-39-49)45(51)42-58-59(53,54)55)44(50)37-35-33-31-29-27-25-16-14-12-10-8-6-4-2/h17-18,35,37,43-45,47,49-51H,3-16,19-34,36,38-42H2,1-2H3,(H,48,52)(H,53,54,55)/b18-17-,37-35+/t43?,44-,45+,47+/m1/s1. The van der Waals surface area contributed by atoms with Crippen LogP contribution in [0.1, 0.15) is 219 Å². The molecule has 4 atom stereocenters. The average Bonchev–Trinajstić information content (AvgIpc) is 3.21. The maximum absolute atomic E-state index is 13.0. The number of ether oxygens (including phenoxy) is 2. The van der Waals surface area contributed by atoms with Crippen LogP contribution in [0.2, 0.25) is 0 Å². The summed E-state index contributed by atoms with van der Waals surface area (Å²) in [6.45, 7) is 2.74. The Morgan fingerprint density at radius 2 is 0.983 bits per heavy atom. The Labute approximate surface area is 361 Å². The zero-order chi connectivity index (χ0) is 43.5. The van der Waals surface area contributed by atoms with Gasteiger partial charge in [-0.25, -0.2) is 4.18 Å². The van der Waals surface area contributed by atoms with Crippen LogP contribution in [0.15, 0.2) is 24.3 Å². The average molecular weight is 862 g/mol. The van der Waals surface area contributed by atoms with Gasteiger partial charge in [-0.15, -0.1) is 0 Å². The van der Waals surface area contributed by atoms with Crippen molar-refractivity contribution in [2.45, 2.75) is 244 Å². The molecular weight excluding hydrogens is 771 g/mol. The summed E-state index contributed by atoms with van der Waals surface area (Å²) in [5.74, 6) is -0.229. The summed E-state index contributed by atoms with van der Waals surface area (Å²) in [4.78, 5) is 13.0. The van der Waals surface area contributed by atoms with E-state index in [4.69, 9.17) is 14.0 Å². The third kappa shape index (κ3) is 41.7. The van der Waals surface area contributed by atoms with Gasteiger partial charge in [-0.3, -0.25) is 9.35 Å². The summed E-state index contributed by atoms with van der Waals surface area (Å²) < 4.78 is 46.2. The number of amides is 1. The first-order valence-electron chi connectivity index (χ1n) is 24.1. The van der Waals surface area contributed by atoms with Crippen LogP contribution in [0.3, 0.4) is 0 Å². The topological polar surface area (TPSA) is 172 Å². The van der Waals surface area contributed by atoms with Crippen molar-refractivity contribution in [3.05, 3.63) is 24.3 Å². The third-order valence-corrected chi connectivity index (χ3v) is 11.2. The fourth-order valence-electron chi connectivity index (χ4n) is 7.09. The van der Waals surface area contributed by atoms with Gasteiger partial charge in [0.15, 0.2) is 6.29 Å². The van der Waals surface area contributed by atoms with Crippen molar-refractivity contribution in [1.82, 2.24) is 5.32 Å². The molecular formula is C47H91NO10S. The first-order chi connectivity index (χ1) is 28.6. The molecule has 0 rings (SSSR count). The van der Waals surface area contributed by atoms with Gasteiger partial charge >= 0.3 is 10.4 Å². The molecule has 1 unspecified atom stereocenters. The molecule has 0 aromatic carbocycles. The lowest BCUT2D eigenvalue weighted by molar-refractivity contribution is -0.207. The van der Waals surface area contributed by atoms with E-state index < -0.39 is 48.2 Å². The highest BCUT2D eigenvalue weighted by molar-refractivity contribution is 7.80. The van der Waals surface area contributed by atoms with E-state index in [1.165, 1.54) is 154 Å². The van der Waals surface area contributed by atoms with Crippen molar-refractivity contribution in [3.63, 3.8) is 0 Å². The maximum Gasteiger partial charge on any atom is 0.397 e. The van der Waals surface area contributed by atoms with Gasteiger partial charge in [0.25, 0.3) is 0 Å². The number of allylic oxidation sites excluding steroid dienone is 3. The van der Waals surface area contributed by atoms with Gasteiger partial charge in [0.2, 0.25) is 5.91 Å². The van der Waals surface area contributed by atoms with Crippen molar-refractivity contribution in [3.8, 4) is 0 Å². The van der Waals surface area contributed by atoms with Gasteiger partial charge in [-0.05, 0) is 44.9 Å². The Bertz CT molecular complexity index is 1070. The minimum Gasteiger partial charge on any atom is -0.394 e. The molecule has 0 bridgehead atoms. The first kappa shape index (κ1) is 57.6. The number of unbranched alkanes of at least 4 members (excludes halogenated alkanes) is 28. The normalized spacial score (nSPS) is 14.3. The number of carbonyl (C=O) groups is 1. The molecule has 0 aromatic rings. The minimum atomic E-state index is -4.82. The van der Waals surface area contributed by atoms with Gasteiger partial charge < -0.3 is 30.1 Å². The van der Waals surface area contributed by atoms with Gasteiger partial charge in [0.1, 0.15) is 6.10 Å². The van der Waals surface area contributed by atoms with E-state index in [1.807, 2.05) is 6.08 Å². The van der Waals surface area contributed by atoms with E-state index in [1.54, 1.807) is 6.08 Å². The Kier molecular flexibility index (Phi) is 42.3. The number of rotatable bonds is 46. The highest BCUT2D eigenvalue weighted by atomic mass is 32.3. The van der Waals surface area contributed by atoms with Crippen molar-refractivity contribution < 1.29 is 46.7 Å². The molecule has 0 aliphatic heterocycles. The summed E-state index contributed by atoms with van der Waals surface area (Å²) in [6, 6.07) is -0.877. The molecule has 0 heterocycles. The van der Waals surface area contributed by atoms with Crippen molar-refractivity contribution in [1.29, 1.82) is 0 Å². The van der Waals surface area contributed by atoms with Gasteiger partial charge in [-0.1, -0.05) is 192 Å². The molecule has 350 valence electrons. The molecule has 59 heavy (non-hydrogen) atoms. The lowest BCUT2D eigenvalue weighted by Crippen LogP contribution is -2.48. The number of carbonyl (C=O) groups excluding carboxylic acids is 1. The molecule has 0 fully saturated rings. The molecule has 1 amide bonds. The predicted molar refractivity (Wildman–Crippen MR) is 242 cm³/mol. The van der Waals surface area contributed by atoms with E-state index in [2.05, 4.69) is 35.5 Å². The second kappa shape index (κ2) is 43.3. The van der Waals surface area contributed by atoms with Crippen LogP contribution >= 0.6 is 0 Å². The highest BCUT2D eigenvalue weighted by Gasteiger charge is 2.27. The molecule has 0 radical (unpaired) electrons. The van der Waals surface area contributed by atoms with E-state index in [0.717, 1.165) is 44.9 Å². The van der Waals surface area contributed by atoms with Crippen LogP contribution in [-0.2, 0) is 28.9 Å². The molecule has 12 heteroatoms. The lowest BCUT2D eigenvalue weighted by atomic mass is 10.0. The quantitative estimate of drug-likeness (QED) is 0.0172. The van der Waals surface area contributed by atoms with Crippen LogP contribution in [-0.4, -0.2) is 85.2 Å². The molecule has 0 spiro atoms. The Hall–Kier alpha value is -1.38. The summed E-state index contributed by atoms with van der Waals surface area (Å²) >= 11 is 0. The van der Waals surface area contributed by atoms with Crippen molar-refractivity contribution in [2.24, 2.45) is 0 Å². The van der Waals surface area contributed by atoms with E-state index in [9.17, 15) is 28.5 Å². The summed E-state index contributed by atoms with van der Waals surface area (Å²) in [6.07, 6.45) is 42.4. The third-order valence-electron chi connectivity index (χ3n) is 10.7. The first-order valence-corrected chi connectivity index (χ1v) is 25.4. The second-order valence-corrected chi connectivity index (χ2v) is 17.5. The molecule has 0 saturated heterocycles. The Morgan fingerprint density at radius 1 is 0.576 bits per heavy atom. The Balaban J connectivity index is 4.54. The molecule has 0 aromatic heterocycles. The maximum atomic E-state index is 13.0. The molecule has 5 N–H and O–H groups in total. The monoisotopic (exact) mass is 862 g/mol. The predicted octanol–water partition coefficient (Wildman–Crippen LogP) is 11.0. The van der Waals surface area contributed by atoms with Gasteiger partial charge in [0, 0.05) is 6.42 Å². The smallest absolute Gasteiger partial charge is 0.394 e. The zero-order valence-electron chi connectivity index (χ0n) is 37.7. The number of nitrogens with one attached hydrogen (secondary N) is 1. The lowest BCUT2D eigenvalue weighted by Gasteiger charge is -2.27. The zero-order valence-corrected chi connectivity index (χ0v) is 38.5. The molecule has 0 aliphatic carbocycles. The summed E-state index contributed by atoms with van der Waals surface area (Å²) in [5, 5.41) is 33.5. The summed E-state index contributed by atoms with van der Waals surface area (Å²) in [7, 11) is -4.82. The highest BCUT2D eigenvalue weighted by Crippen LogP contribution is 2.15. The van der Waals surface area contributed by atoms with E-state index in [0.29, 0.717) is 6.42 Å². The number of hydrogen-bond acceptors (Lipinski definition) is 9. The number of aliphatic hydroxyl groups is 3. The van der Waals surface area contributed by atoms with Crippen LogP contribution in [0.5, 0.6) is 0 Å². The van der Waals surface area contributed by atoms with Gasteiger partial charge in [0.05, 0.1) is 38.6 Å². The fourth-order valence-corrected chi connectivity index (χ4v) is 7.40. The molecule has 0 aliphatic rings. The number of aliphatic hydroxyl groups excluding tert-OH is 3. The summed E-state index contributed by atoms with van der Waals surface area (Å²) in [5.41, 5.74) is 0. The van der Waals surface area contributed by atoms with Crippen LogP contribution in [0.4, 0.5) is 0 Å². The number of hydrogen-bond donors (Lipinski definition) is 5. The van der Waals surface area contributed by atoms with E-state index in [-0.39, 0.29) is 19.1 Å². The fraction of sp³-hybridized carbons (Fsp3) is 0.894. The van der Waals surface area contributed by atoms with E-state index >= 15 is 0 Å². The largest absolute Gasteiger partial charge is 0.397 e. The van der Waals surface area contributed by atoms with Crippen LogP contribution < -0.4 is 5.32 Å². The SMILES string of the molecule is CCCCCCCC/C=C\CCCCCCCCCCCCCC(=O)NC(CO[C@H](OCCO)[C@@H](O)COS(=O)(=O)O)[C@H](O)/C=C/CCCCCCCCCCCCC. The molecule has 11 nitrogen and oxygen atoms in total. The van der Waals surface area contributed by atoms with Crippen LogP contribution in [0.25, 0.3) is 0 Å².